The van der Waals surface area contributed by atoms with Crippen LogP contribution in [0.1, 0.15) is 19.4 Å². The molecule has 0 bridgehead atoms. The van der Waals surface area contributed by atoms with Gasteiger partial charge in [-0.2, -0.15) is 0 Å². The maximum Gasteiger partial charge on any atom is 0.172 e. The highest BCUT2D eigenvalue weighted by Gasteiger charge is 1.99. The third-order valence-corrected chi connectivity index (χ3v) is 1.79. The van der Waals surface area contributed by atoms with E-state index < -0.39 is 0 Å². The van der Waals surface area contributed by atoms with Crippen LogP contribution in [0.4, 0.5) is 5.82 Å². The van der Waals surface area contributed by atoms with Gasteiger partial charge in [0.1, 0.15) is 5.82 Å². The fourth-order valence-electron chi connectivity index (χ4n) is 0.956. The summed E-state index contributed by atoms with van der Waals surface area (Å²) in [4.78, 5) is 4.19. The Morgan fingerprint density at radius 3 is 2.64 bits per heavy atom. The monoisotopic (exact) mass is 209 g/mol. The second kappa shape index (κ2) is 4.91. The van der Waals surface area contributed by atoms with E-state index >= 15 is 0 Å². The van der Waals surface area contributed by atoms with Crippen LogP contribution in [0, 0.1) is 6.92 Å². The maximum atomic E-state index is 5.08. The van der Waals surface area contributed by atoms with E-state index in [0.29, 0.717) is 11.2 Å². The van der Waals surface area contributed by atoms with Crippen LogP contribution in [-0.2, 0) is 0 Å². The first-order valence-corrected chi connectivity index (χ1v) is 4.99. The average molecular weight is 209 g/mol. The van der Waals surface area contributed by atoms with Gasteiger partial charge in [-0.3, -0.25) is 0 Å². The zero-order valence-electron chi connectivity index (χ0n) is 8.66. The Morgan fingerprint density at radius 2 is 2.14 bits per heavy atom. The van der Waals surface area contributed by atoms with Gasteiger partial charge < -0.3 is 10.6 Å². The van der Waals surface area contributed by atoms with E-state index in [-0.39, 0.29) is 0 Å². The SMILES string of the molecule is Cc1ccc(NC(=S)NC(C)C)nc1. The molecule has 0 amide bonds. The Labute approximate surface area is 89.9 Å². The Hall–Kier alpha value is -1.16. The lowest BCUT2D eigenvalue weighted by Crippen LogP contribution is -2.34. The predicted octanol–water partition coefficient (Wildman–Crippen LogP) is 2.08. The summed E-state index contributed by atoms with van der Waals surface area (Å²) in [6.45, 7) is 6.08. The van der Waals surface area contributed by atoms with Crippen molar-refractivity contribution in [2.75, 3.05) is 5.32 Å². The van der Waals surface area contributed by atoms with Gasteiger partial charge in [-0.15, -0.1) is 0 Å². The van der Waals surface area contributed by atoms with Crippen LogP contribution in [0.2, 0.25) is 0 Å². The summed E-state index contributed by atoms with van der Waals surface area (Å²) in [5, 5.41) is 6.70. The summed E-state index contributed by atoms with van der Waals surface area (Å²) in [6.07, 6.45) is 1.81. The van der Waals surface area contributed by atoms with E-state index in [1.54, 1.807) is 6.20 Å². The highest BCUT2D eigenvalue weighted by atomic mass is 32.1. The molecule has 0 atom stereocenters. The fraction of sp³-hybridized carbons (Fsp3) is 0.400. The molecule has 2 N–H and O–H groups in total. The molecule has 0 fully saturated rings. The Balaban J connectivity index is 2.52. The van der Waals surface area contributed by atoms with E-state index in [4.69, 9.17) is 12.2 Å². The lowest BCUT2D eigenvalue weighted by Gasteiger charge is -2.12. The van der Waals surface area contributed by atoms with Crippen LogP contribution in [0.3, 0.4) is 0 Å². The van der Waals surface area contributed by atoms with Crippen molar-refractivity contribution in [3.8, 4) is 0 Å². The number of hydrogen-bond acceptors (Lipinski definition) is 2. The molecule has 1 rings (SSSR count). The topological polar surface area (TPSA) is 37.0 Å². The standard InChI is InChI=1S/C10H15N3S/c1-7(2)12-10(14)13-9-5-4-8(3)6-11-9/h4-7H,1-3H3,(H2,11,12,13,14). The minimum absolute atomic E-state index is 0.334. The Kier molecular flexibility index (Phi) is 3.83. The minimum atomic E-state index is 0.334. The number of nitrogens with one attached hydrogen (secondary N) is 2. The van der Waals surface area contributed by atoms with Gasteiger partial charge in [0.25, 0.3) is 0 Å². The fourth-order valence-corrected chi connectivity index (χ4v) is 1.30. The minimum Gasteiger partial charge on any atom is -0.360 e. The highest BCUT2D eigenvalue weighted by Crippen LogP contribution is 2.03. The summed E-state index contributed by atoms with van der Waals surface area (Å²) >= 11 is 5.08. The summed E-state index contributed by atoms with van der Waals surface area (Å²) in [6, 6.07) is 4.23. The number of thiocarbonyl (C=S) groups is 1. The molecule has 1 aromatic rings. The molecule has 0 aliphatic heterocycles. The molecular formula is C10H15N3S. The number of rotatable bonds is 2. The van der Waals surface area contributed by atoms with Crippen molar-refractivity contribution in [1.82, 2.24) is 10.3 Å². The highest BCUT2D eigenvalue weighted by molar-refractivity contribution is 7.80. The van der Waals surface area contributed by atoms with E-state index in [0.717, 1.165) is 11.4 Å². The molecule has 0 spiro atoms. The molecule has 1 aromatic heterocycles. The normalized spacial score (nSPS) is 10.0. The van der Waals surface area contributed by atoms with Gasteiger partial charge in [0.15, 0.2) is 5.11 Å². The second-order valence-electron chi connectivity index (χ2n) is 3.47. The predicted molar refractivity (Wildman–Crippen MR) is 63.5 cm³/mol. The van der Waals surface area contributed by atoms with Crippen LogP contribution in [-0.4, -0.2) is 16.1 Å². The molecule has 1 heterocycles. The van der Waals surface area contributed by atoms with Crippen LogP contribution >= 0.6 is 12.2 Å². The molecule has 3 nitrogen and oxygen atoms in total. The van der Waals surface area contributed by atoms with E-state index in [2.05, 4.69) is 15.6 Å². The van der Waals surface area contributed by atoms with Gasteiger partial charge >= 0.3 is 0 Å². The van der Waals surface area contributed by atoms with Gasteiger partial charge in [0, 0.05) is 12.2 Å². The van der Waals surface area contributed by atoms with Crippen LogP contribution in [0.25, 0.3) is 0 Å². The number of nitrogens with zero attached hydrogens (tertiary/aromatic N) is 1. The molecule has 0 unspecified atom stereocenters. The van der Waals surface area contributed by atoms with Crippen molar-refractivity contribution in [3.63, 3.8) is 0 Å². The van der Waals surface area contributed by atoms with Gasteiger partial charge in [0.05, 0.1) is 0 Å². The number of anilines is 1. The summed E-state index contributed by atoms with van der Waals surface area (Å²) < 4.78 is 0. The number of hydrogen-bond donors (Lipinski definition) is 2. The Bertz CT molecular complexity index is 306. The van der Waals surface area contributed by atoms with Crippen molar-refractivity contribution >= 4 is 23.1 Å². The molecule has 0 aromatic carbocycles. The average Bonchev–Trinajstić information content (AvgIpc) is 2.07. The lowest BCUT2D eigenvalue weighted by atomic mass is 10.3. The largest absolute Gasteiger partial charge is 0.360 e. The smallest absolute Gasteiger partial charge is 0.172 e. The van der Waals surface area contributed by atoms with Crippen molar-refractivity contribution in [2.45, 2.75) is 26.8 Å². The third-order valence-electron chi connectivity index (χ3n) is 1.57. The molecule has 4 heteroatoms. The van der Waals surface area contributed by atoms with Crippen LogP contribution in [0.5, 0.6) is 0 Å². The van der Waals surface area contributed by atoms with Crippen molar-refractivity contribution < 1.29 is 0 Å². The summed E-state index contributed by atoms with van der Waals surface area (Å²) in [5.41, 5.74) is 1.14. The lowest BCUT2D eigenvalue weighted by molar-refractivity contribution is 0.739. The van der Waals surface area contributed by atoms with Crippen molar-refractivity contribution in [2.24, 2.45) is 0 Å². The zero-order chi connectivity index (χ0) is 10.6. The second-order valence-corrected chi connectivity index (χ2v) is 3.88. The van der Waals surface area contributed by atoms with Crippen molar-refractivity contribution in [3.05, 3.63) is 23.9 Å². The first-order chi connectivity index (χ1) is 6.58. The van der Waals surface area contributed by atoms with E-state index in [1.165, 1.54) is 0 Å². The van der Waals surface area contributed by atoms with Gasteiger partial charge in [-0.25, -0.2) is 4.98 Å². The molecule has 0 radical (unpaired) electrons. The number of aryl methyl sites for hydroxylation is 1. The first-order valence-electron chi connectivity index (χ1n) is 4.58. The van der Waals surface area contributed by atoms with Gasteiger partial charge in [0.2, 0.25) is 0 Å². The number of aromatic nitrogens is 1. The van der Waals surface area contributed by atoms with E-state index in [1.807, 2.05) is 32.9 Å². The first kappa shape index (κ1) is 10.9. The van der Waals surface area contributed by atoms with Gasteiger partial charge in [-0.05, 0) is 44.6 Å². The zero-order valence-corrected chi connectivity index (χ0v) is 9.48. The van der Waals surface area contributed by atoms with E-state index in [9.17, 15) is 0 Å². The quantitative estimate of drug-likeness (QED) is 0.731. The number of pyridine rings is 1. The summed E-state index contributed by atoms with van der Waals surface area (Å²) in [5.74, 6) is 0.772. The van der Waals surface area contributed by atoms with Crippen LogP contribution < -0.4 is 10.6 Å². The maximum absolute atomic E-state index is 5.08. The Morgan fingerprint density at radius 1 is 1.43 bits per heavy atom. The molecule has 76 valence electrons. The van der Waals surface area contributed by atoms with Gasteiger partial charge in [-0.1, -0.05) is 6.07 Å². The molecular weight excluding hydrogens is 194 g/mol. The van der Waals surface area contributed by atoms with Crippen LogP contribution in [0.15, 0.2) is 18.3 Å². The molecule has 14 heavy (non-hydrogen) atoms. The molecule has 0 aliphatic rings. The molecule has 0 saturated heterocycles. The molecule has 0 aliphatic carbocycles. The summed E-state index contributed by atoms with van der Waals surface area (Å²) in [7, 11) is 0. The van der Waals surface area contributed by atoms with Crippen molar-refractivity contribution in [1.29, 1.82) is 0 Å². The molecule has 0 saturated carbocycles. The third kappa shape index (κ3) is 3.70.